The number of hydrogen-bond acceptors (Lipinski definition) is 3. The standard InChI is InChI=1S/C20H25ClN2O3/c1-3-25-17-8-10-18(11-9-17)26-13-12-22-20(24)15-23(2)14-16-6-4-5-7-19(16)21/h4-11H,3,12-15H2,1-2H3,(H,22,24)/p+1. The van der Waals surface area contributed by atoms with Crippen molar-refractivity contribution in [1.82, 2.24) is 5.32 Å². The maximum Gasteiger partial charge on any atom is 0.275 e. The molecule has 5 nitrogen and oxygen atoms in total. The lowest BCUT2D eigenvalue weighted by Crippen LogP contribution is -3.08. The highest BCUT2D eigenvalue weighted by Crippen LogP contribution is 2.17. The number of ether oxygens (including phenoxy) is 2. The summed E-state index contributed by atoms with van der Waals surface area (Å²) < 4.78 is 11.0. The number of rotatable bonds is 10. The molecular formula is C20H26ClN2O3+. The van der Waals surface area contributed by atoms with Crippen molar-refractivity contribution in [1.29, 1.82) is 0 Å². The largest absolute Gasteiger partial charge is 0.494 e. The van der Waals surface area contributed by atoms with E-state index in [9.17, 15) is 4.79 Å². The molecule has 0 spiro atoms. The maximum absolute atomic E-state index is 12.0. The average molecular weight is 378 g/mol. The number of likely N-dealkylation sites (N-methyl/N-ethyl adjacent to an activating group) is 1. The number of hydrogen-bond donors (Lipinski definition) is 2. The molecule has 1 atom stereocenters. The van der Waals surface area contributed by atoms with Crippen molar-refractivity contribution in [3.63, 3.8) is 0 Å². The van der Waals surface area contributed by atoms with Gasteiger partial charge in [0.15, 0.2) is 6.54 Å². The lowest BCUT2D eigenvalue weighted by molar-refractivity contribution is -0.885. The van der Waals surface area contributed by atoms with Crippen molar-refractivity contribution < 1.29 is 19.2 Å². The molecule has 2 aromatic carbocycles. The average Bonchev–Trinajstić information content (AvgIpc) is 2.62. The van der Waals surface area contributed by atoms with E-state index in [4.69, 9.17) is 21.1 Å². The van der Waals surface area contributed by atoms with Crippen molar-refractivity contribution >= 4 is 17.5 Å². The highest BCUT2D eigenvalue weighted by molar-refractivity contribution is 6.31. The van der Waals surface area contributed by atoms with E-state index in [0.29, 0.717) is 32.8 Å². The van der Waals surface area contributed by atoms with E-state index in [1.165, 1.54) is 0 Å². The van der Waals surface area contributed by atoms with Crippen LogP contribution in [0.15, 0.2) is 48.5 Å². The number of quaternary nitrogens is 1. The van der Waals surface area contributed by atoms with E-state index in [1.807, 2.05) is 62.5 Å². The van der Waals surface area contributed by atoms with Crippen molar-refractivity contribution in [3.05, 3.63) is 59.1 Å². The molecule has 6 heteroatoms. The zero-order valence-corrected chi connectivity index (χ0v) is 16.0. The van der Waals surface area contributed by atoms with Crippen LogP contribution < -0.4 is 19.7 Å². The van der Waals surface area contributed by atoms with Gasteiger partial charge in [0, 0.05) is 10.6 Å². The van der Waals surface area contributed by atoms with Crippen molar-refractivity contribution in [2.45, 2.75) is 13.5 Å². The maximum atomic E-state index is 12.0. The fourth-order valence-electron chi connectivity index (χ4n) is 2.52. The smallest absolute Gasteiger partial charge is 0.275 e. The van der Waals surface area contributed by atoms with Gasteiger partial charge in [0.05, 0.1) is 20.2 Å². The molecule has 0 saturated heterocycles. The van der Waals surface area contributed by atoms with Crippen LogP contribution in [-0.2, 0) is 11.3 Å². The molecule has 1 amide bonds. The third-order valence-electron chi connectivity index (χ3n) is 3.74. The first kappa shape index (κ1) is 20.1. The van der Waals surface area contributed by atoms with Crippen LogP contribution in [0.25, 0.3) is 0 Å². The molecule has 2 N–H and O–H groups in total. The Morgan fingerprint density at radius 2 is 1.73 bits per heavy atom. The Morgan fingerprint density at radius 1 is 1.08 bits per heavy atom. The highest BCUT2D eigenvalue weighted by atomic mass is 35.5. The second-order valence-corrected chi connectivity index (χ2v) is 6.41. The lowest BCUT2D eigenvalue weighted by atomic mass is 10.2. The summed E-state index contributed by atoms with van der Waals surface area (Å²) in [6.45, 7) is 4.55. The van der Waals surface area contributed by atoms with E-state index >= 15 is 0 Å². The highest BCUT2D eigenvalue weighted by Gasteiger charge is 2.11. The molecule has 0 fully saturated rings. The van der Waals surface area contributed by atoms with Gasteiger partial charge in [0.25, 0.3) is 5.91 Å². The first-order valence-corrected chi connectivity index (χ1v) is 9.13. The molecule has 0 aliphatic carbocycles. The minimum absolute atomic E-state index is 0.00940. The lowest BCUT2D eigenvalue weighted by Gasteiger charge is -2.15. The first-order chi connectivity index (χ1) is 12.6. The van der Waals surface area contributed by atoms with Crippen LogP contribution in [0.4, 0.5) is 0 Å². The van der Waals surface area contributed by atoms with E-state index in [1.54, 1.807) is 0 Å². The molecule has 0 heterocycles. The van der Waals surface area contributed by atoms with Gasteiger partial charge >= 0.3 is 0 Å². The molecule has 0 aliphatic rings. The van der Waals surface area contributed by atoms with E-state index < -0.39 is 0 Å². The quantitative estimate of drug-likeness (QED) is 0.622. The van der Waals surface area contributed by atoms with Gasteiger partial charge in [-0.3, -0.25) is 4.79 Å². The number of carbonyl (C=O) groups is 1. The van der Waals surface area contributed by atoms with Crippen LogP contribution in [0.1, 0.15) is 12.5 Å². The van der Waals surface area contributed by atoms with Gasteiger partial charge < -0.3 is 19.7 Å². The van der Waals surface area contributed by atoms with Gasteiger partial charge in [0.1, 0.15) is 24.7 Å². The van der Waals surface area contributed by atoms with Gasteiger partial charge in [-0.25, -0.2) is 0 Å². The summed E-state index contributed by atoms with van der Waals surface area (Å²) in [5, 5.41) is 3.61. The third-order valence-corrected chi connectivity index (χ3v) is 4.11. The van der Waals surface area contributed by atoms with Crippen LogP contribution in [0.2, 0.25) is 5.02 Å². The SMILES string of the molecule is CCOc1ccc(OCCNC(=O)C[NH+](C)Cc2ccccc2Cl)cc1. The predicted octanol–water partition coefficient (Wildman–Crippen LogP) is 1.95. The Balaban J connectivity index is 1.64. The van der Waals surface area contributed by atoms with Crippen molar-refractivity contribution in [2.75, 3.05) is 33.4 Å². The molecule has 0 aromatic heterocycles. The molecule has 0 bridgehead atoms. The monoisotopic (exact) mass is 377 g/mol. The zero-order chi connectivity index (χ0) is 18.8. The number of amides is 1. The Bertz CT molecular complexity index is 692. The summed E-state index contributed by atoms with van der Waals surface area (Å²) in [5.41, 5.74) is 1.04. The second kappa shape index (κ2) is 10.7. The summed E-state index contributed by atoms with van der Waals surface area (Å²) in [6, 6.07) is 15.1. The van der Waals surface area contributed by atoms with Crippen molar-refractivity contribution in [3.8, 4) is 11.5 Å². The van der Waals surface area contributed by atoms with Gasteiger partial charge in [-0.15, -0.1) is 0 Å². The van der Waals surface area contributed by atoms with Crippen LogP contribution in [0.5, 0.6) is 11.5 Å². The second-order valence-electron chi connectivity index (χ2n) is 6.00. The Morgan fingerprint density at radius 3 is 2.38 bits per heavy atom. The normalized spacial score (nSPS) is 11.7. The Hall–Kier alpha value is -2.24. The van der Waals surface area contributed by atoms with E-state index in [-0.39, 0.29) is 5.91 Å². The third kappa shape index (κ3) is 6.94. The summed E-state index contributed by atoms with van der Waals surface area (Å²) in [4.78, 5) is 13.1. The summed E-state index contributed by atoms with van der Waals surface area (Å²) >= 11 is 6.15. The molecule has 2 rings (SSSR count). The molecule has 0 radical (unpaired) electrons. The number of carbonyl (C=O) groups excluding carboxylic acids is 1. The molecule has 2 aromatic rings. The first-order valence-electron chi connectivity index (χ1n) is 8.75. The summed E-state index contributed by atoms with van der Waals surface area (Å²) in [7, 11) is 1.97. The number of benzene rings is 2. The molecule has 1 unspecified atom stereocenters. The molecule has 26 heavy (non-hydrogen) atoms. The zero-order valence-electron chi connectivity index (χ0n) is 15.3. The predicted molar refractivity (Wildman–Crippen MR) is 103 cm³/mol. The van der Waals surface area contributed by atoms with Crippen LogP contribution in [-0.4, -0.2) is 39.3 Å². The van der Waals surface area contributed by atoms with Gasteiger partial charge in [-0.2, -0.15) is 0 Å². The fraction of sp³-hybridized carbons (Fsp3) is 0.350. The molecular weight excluding hydrogens is 352 g/mol. The number of nitrogens with one attached hydrogen (secondary N) is 2. The number of halogens is 1. The Labute approximate surface area is 159 Å². The van der Waals surface area contributed by atoms with Crippen LogP contribution in [0, 0.1) is 0 Å². The molecule has 0 aliphatic heterocycles. The summed E-state index contributed by atoms with van der Waals surface area (Å²) in [6.07, 6.45) is 0. The van der Waals surface area contributed by atoms with Crippen LogP contribution >= 0.6 is 11.6 Å². The Kier molecular flexibility index (Phi) is 8.25. The van der Waals surface area contributed by atoms with Gasteiger partial charge in [-0.05, 0) is 37.3 Å². The van der Waals surface area contributed by atoms with Gasteiger partial charge in [-0.1, -0.05) is 29.8 Å². The summed E-state index contributed by atoms with van der Waals surface area (Å²) in [5.74, 6) is 1.56. The fourth-order valence-corrected chi connectivity index (χ4v) is 2.73. The van der Waals surface area contributed by atoms with Gasteiger partial charge in [0.2, 0.25) is 0 Å². The van der Waals surface area contributed by atoms with E-state index in [2.05, 4.69) is 5.32 Å². The minimum Gasteiger partial charge on any atom is -0.494 e. The topological polar surface area (TPSA) is 52.0 Å². The molecule has 0 saturated carbocycles. The molecule has 140 valence electrons. The minimum atomic E-state index is -0.00940. The van der Waals surface area contributed by atoms with Crippen molar-refractivity contribution in [2.24, 2.45) is 0 Å². The van der Waals surface area contributed by atoms with Crippen LogP contribution in [0.3, 0.4) is 0 Å². The van der Waals surface area contributed by atoms with E-state index in [0.717, 1.165) is 27.0 Å².